The summed E-state index contributed by atoms with van der Waals surface area (Å²) in [6.45, 7) is 1.94. The van der Waals surface area contributed by atoms with E-state index in [1.165, 1.54) is 0 Å². The Morgan fingerprint density at radius 2 is 2.10 bits per heavy atom. The molecular weight excluding hydrogens is 406 g/mol. The third-order valence-corrected chi connectivity index (χ3v) is 4.91. The predicted octanol–water partition coefficient (Wildman–Crippen LogP) is 4.00. The number of amides is 1. The van der Waals surface area contributed by atoms with Crippen LogP contribution in [-0.4, -0.2) is 30.1 Å². The van der Waals surface area contributed by atoms with Crippen molar-refractivity contribution in [3.8, 4) is 0 Å². The third kappa shape index (κ3) is 3.21. The molecule has 0 aromatic heterocycles. The first-order valence-corrected chi connectivity index (χ1v) is 7.49. The molecule has 2 nitrogen and oxygen atoms in total. The Bertz CT molecular complexity index is 547. The normalized spacial score (nSPS) is 19.5. The lowest BCUT2D eigenvalue weighted by Gasteiger charge is -2.24. The lowest BCUT2D eigenvalue weighted by Crippen LogP contribution is -2.42. The number of alkyl halides is 3. The van der Waals surface area contributed by atoms with E-state index in [9.17, 15) is 18.0 Å². The number of fused-ring (bicyclic) bond motifs is 1. The fourth-order valence-corrected chi connectivity index (χ4v) is 3.12. The van der Waals surface area contributed by atoms with Crippen molar-refractivity contribution in [1.29, 1.82) is 0 Å². The number of carbonyl (C=O) groups is 1. The standard InChI is InChI=1S/C13H12ClF3INO/c1-7-6-19(12(20)13(15,16)17)3-2-8-4-11(18)10(14)5-9(7)8/h4-5,7H,2-3,6H2,1H3/t7-/m1/s1. The van der Waals surface area contributed by atoms with Gasteiger partial charge in [0.25, 0.3) is 0 Å². The molecule has 0 saturated carbocycles. The molecule has 1 amide bonds. The quantitative estimate of drug-likeness (QED) is 0.585. The van der Waals surface area contributed by atoms with Crippen LogP contribution in [0.4, 0.5) is 13.2 Å². The number of hydrogen-bond donors (Lipinski definition) is 0. The first-order chi connectivity index (χ1) is 9.20. The van der Waals surface area contributed by atoms with E-state index in [1.807, 2.05) is 13.0 Å². The fourth-order valence-electron chi connectivity index (χ4n) is 2.42. The van der Waals surface area contributed by atoms with E-state index in [1.54, 1.807) is 6.07 Å². The first kappa shape index (κ1) is 15.9. The summed E-state index contributed by atoms with van der Waals surface area (Å²) >= 11 is 8.16. The zero-order valence-corrected chi connectivity index (χ0v) is 13.5. The highest BCUT2D eigenvalue weighted by Gasteiger charge is 2.43. The van der Waals surface area contributed by atoms with Crippen LogP contribution in [0, 0.1) is 3.57 Å². The summed E-state index contributed by atoms with van der Waals surface area (Å²) in [7, 11) is 0. The van der Waals surface area contributed by atoms with Gasteiger partial charge in [-0.15, -0.1) is 0 Å². The van der Waals surface area contributed by atoms with Gasteiger partial charge < -0.3 is 4.90 Å². The van der Waals surface area contributed by atoms with Crippen molar-refractivity contribution in [2.45, 2.75) is 25.4 Å². The molecule has 110 valence electrons. The van der Waals surface area contributed by atoms with Crippen molar-refractivity contribution >= 4 is 40.1 Å². The van der Waals surface area contributed by atoms with Crippen molar-refractivity contribution in [3.63, 3.8) is 0 Å². The molecule has 1 atom stereocenters. The van der Waals surface area contributed by atoms with Gasteiger partial charge in [-0.2, -0.15) is 13.2 Å². The molecule has 2 rings (SSSR count). The zero-order valence-electron chi connectivity index (χ0n) is 10.6. The predicted molar refractivity (Wildman–Crippen MR) is 78.9 cm³/mol. The second-order valence-corrected chi connectivity index (χ2v) is 6.43. The van der Waals surface area contributed by atoms with Crippen LogP contribution in [0.1, 0.15) is 24.0 Å². The Balaban J connectivity index is 2.30. The number of hydrogen-bond acceptors (Lipinski definition) is 1. The summed E-state index contributed by atoms with van der Waals surface area (Å²) in [5.74, 6) is -1.94. The summed E-state index contributed by atoms with van der Waals surface area (Å²) in [6, 6.07) is 3.68. The van der Waals surface area contributed by atoms with Crippen molar-refractivity contribution in [2.75, 3.05) is 13.1 Å². The summed E-state index contributed by atoms with van der Waals surface area (Å²) in [5.41, 5.74) is 1.89. The number of nitrogens with zero attached hydrogens (tertiary/aromatic N) is 1. The summed E-state index contributed by atoms with van der Waals surface area (Å²) in [4.78, 5) is 12.3. The molecule has 0 bridgehead atoms. The molecule has 1 aliphatic heterocycles. The highest BCUT2D eigenvalue weighted by Crippen LogP contribution is 2.32. The second kappa shape index (κ2) is 5.71. The molecule has 0 aliphatic carbocycles. The smallest absolute Gasteiger partial charge is 0.334 e. The highest BCUT2D eigenvalue weighted by atomic mass is 127. The molecule has 1 aliphatic rings. The van der Waals surface area contributed by atoms with Gasteiger partial charge in [0.15, 0.2) is 0 Å². The van der Waals surface area contributed by atoms with E-state index in [2.05, 4.69) is 22.6 Å². The van der Waals surface area contributed by atoms with Crippen LogP contribution in [0.25, 0.3) is 0 Å². The van der Waals surface area contributed by atoms with Crippen LogP contribution < -0.4 is 0 Å². The SMILES string of the molecule is C[C@@H]1CN(C(=O)C(F)(F)F)CCc2cc(I)c(Cl)cc21. The van der Waals surface area contributed by atoms with Gasteiger partial charge in [0.1, 0.15) is 0 Å². The lowest BCUT2D eigenvalue weighted by molar-refractivity contribution is -0.185. The number of rotatable bonds is 0. The second-order valence-electron chi connectivity index (χ2n) is 4.87. The van der Waals surface area contributed by atoms with E-state index in [0.717, 1.165) is 19.6 Å². The average Bonchev–Trinajstić information content (AvgIpc) is 2.49. The highest BCUT2D eigenvalue weighted by molar-refractivity contribution is 14.1. The molecule has 0 radical (unpaired) electrons. The summed E-state index contributed by atoms with van der Waals surface area (Å²) in [6.07, 6.45) is -4.41. The minimum atomic E-state index is -4.82. The van der Waals surface area contributed by atoms with Gasteiger partial charge in [0.05, 0.1) is 5.02 Å². The molecule has 1 aromatic rings. The summed E-state index contributed by atoms with van der Waals surface area (Å²) < 4.78 is 38.5. The zero-order chi connectivity index (χ0) is 15.1. The average molecular weight is 418 g/mol. The van der Waals surface area contributed by atoms with Crippen LogP contribution in [0.5, 0.6) is 0 Å². The van der Waals surface area contributed by atoms with Crippen LogP contribution in [0.15, 0.2) is 12.1 Å². The van der Waals surface area contributed by atoms with Gasteiger partial charge >= 0.3 is 12.1 Å². The van der Waals surface area contributed by atoms with Gasteiger partial charge in [0, 0.05) is 16.7 Å². The minimum Gasteiger partial charge on any atom is -0.334 e. The van der Waals surface area contributed by atoms with E-state index in [0.29, 0.717) is 11.4 Å². The van der Waals surface area contributed by atoms with E-state index in [4.69, 9.17) is 11.6 Å². The van der Waals surface area contributed by atoms with E-state index in [-0.39, 0.29) is 19.0 Å². The van der Waals surface area contributed by atoms with Crippen LogP contribution in [-0.2, 0) is 11.2 Å². The molecule has 0 N–H and O–H groups in total. The molecule has 0 unspecified atom stereocenters. The topological polar surface area (TPSA) is 20.3 Å². The first-order valence-electron chi connectivity index (χ1n) is 6.04. The Morgan fingerprint density at radius 3 is 2.70 bits per heavy atom. The molecule has 0 fully saturated rings. The van der Waals surface area contributed by atoms with Crippen molar-refractivity contribution in [1.82, 2.24) is 4.90 Å². The van der Waals surface area contributed by atoms with Gasteiger partial charge in [-0.1, -0.05) is 18.5 Å². The van der Waals surface area contributed by atoms with Crippen LogP contribution in [0.3, 0.4) is 0 Å². The molecule has 7 heteroatoms. The molecular formula is C13H12ClF3INO. The number of benzene rings is 1. The van der Waals surface area contributed by atoms with Crippen molar-refractivity contribution in [3.05, 3.63) is 31.9 Å². The molecule has 0 spiro atoms. The van der Waals surface area contributed by atoms with Crippen molar-refractivity contribution < 1.29 is 18.0 Å². The van der Waals surface area contributed by atoms with Crippen LogP contribution >= 0.6 is 34.2 Å². The lowest BCUT2D eigenvalue weighted by atomic mass is 9.95. The maximum absolute atomic E-state index is 12.5. The van der Waals surface area contributed by atoms with Crippen molar-refractivity contribution in [2.24, 2.45) is 0 Å². The molecule has 1 aromatic carbocycles. The Labute approximate surface area is 133 Å². The van der Waals surface area contributed by atoms with Gasteiger partial charge in [-0.05, 0) is 58.2 Å². The number of carbonyl (C=O) groups excluding carboxylic acids is 1. The van der Waals surface area contributed by atoms with Gasteiger partial charge in [-0.25, -0.2) is 0 Å². The van der Waals surface area contributed by atoms with Gasteiger partial charge in [-0.3, -0.25) is 4.79 Å². The molecule has 0 saturated heterocycles. The number of halogens is 5. The Morgan fingerprint density at radius 1 is 1.45 bits per heavy atom. The Hall–Kier alpha value is -0.500. The summed E-state index contributed by atoms with van der Waals surface area (Å²) in [5, 5.41) is 0.590. The maximum atomic E-state index is 12.5. The Kier molecular flexibility index (Phi) is 4.53. The minimum absolute atomic E-state index is 0.0578. The van der Waals surface area contributed by atoms with E-state index < -0.39 is 12.1 Å². The fraction of sp³-hybridized carbons (Fsp3) is 0.462. The molecule has 1 heterocycles. The maximum Gasteiger partial charge on any atom is 0.471 e. The largest absolute Gasteiger partial charge is 0.471 e. The monoisotopic (exact) mass is 417 g/mol. The van der Waals surface area contributed by atoms with Gasteiger partial charge in [0.2, 0.25) is 0 Å². The molecule has 20 heavy (non-hydrogen) atoms. The third-order valence-electron chi connectivity index (χ3n) is 3.39. The van der Waals surface area contributed by atoms with Crippen LogP contribution in [0.2, 0.25) is 5.02 Å². The van der Waals surface area contributed by atoms with E-state index >= 15 is 0 Å².